The molecule has 0 aliphatic heterocycles. The molecule has 0 spiro atoms. The van der Waals surface area contributed by atoms with E-state index in [2.05, 4.69) is 25.8 Å². The summed E-state index contributed by atoms with van der Waals surface area (Å²) in [5.41, 5.74) is 0.980. The molecular formula is C16H25IN6O2S. The number of nitrogens with one attached hydrogen (secondary N) is 2. The molecule has 8 nitrogen and oxygen atoms in total. The van der Waals surface area contributed by atoms with Gasteiger partial charge in [0.05, 0.1) is 12.3 Å². The molecule has 0 amide bonds. The van der Waals surface area contributed by atoms with E-state index in [4.69, 9.17) is 0 Å². The van der Waals surface area contributed by atoms with Gasteiger partial charge in [-0.3, -0.25) is 9.56 Å². The third kappa shape index (κ3) is 7.28. The Balaban J connectivity index is 0.00000338. The summed E-state index contributed by atoms with van der Waals surface area (Å²) in [6.07, 6.45) is 3.42. The van der Waals surface area contributed by atoms with E-state index in [0.29, 0.717) is 18.9 Å². The average molecular weight is 492 g/mol. The predicted molar refractivity (Wildman–Crippen MR) is 114 cm³/mol. The second kappa shape index (κ2) is 10.5. The molecule has 1 aromatic carbocycles. The van der Waals surface area contributed by atoms with Crippen molar-refractivity contribution in [1.29, 1.82) is 0 Å². The first-order valence-corrected chi connectivity index (χ1v) is 10.0. The minimum atomic E-state index is -2.97. The van der Waals surface area contributed by atoms with Gasteiger partial charge in [-0.2, -0.15) is 0 Å². The highest BCUT2D eigenvalue weighted by molar-refractivity contribution is 14.0. The molecule has 1 heterocycles. The Kier molecular flexibility index (Phi) is 8.99. The highest BCUT2D eigenvalue weighted by Crippen LogP contribution is 2.08. The van der Waals surface area contributed by atoms with Gasteiger partial charge < -0.3 is 10.6 Å². The van der Waals surface area contributed by atoms with Crippen molar-refractivity contribution >= 4 is 39.8 Å². The summed E-state index contributed by atoms with van der Waals surface area (Å²) in [6, 6.07) is 9.80. The van der Waals surface area contributed by atoms with Crippen molar-refractivity contribution in [2.24, 2.45) is 4.99 Å². The minimum Gasteiger partial charge on any atom is -0.354 e. The van der Waals surface area contributed by atoms with Crippen molar-refractivity contribution in [3.05, 3.63) is 42.5 Å². The van der Waals surface area contributed by atoms with Crippen LogP contribution < -0.4 is 10.6 Å². The van der Waals surface area contributed by atoms with Crippen molar-refractivity contribution in [3.63, 3.8) is 0 Å². The standard InChI is InChI=1S/C16H24N6O2S.HI/c1-13(9-10-25(3,23)24)20-16(17-2)18-11-15-21-19-12-22(15)14-7-5-4-6-8-14;/h4-8,12-13H,9-11H2,1-3H3,(H2,17,18,20);1H. The SMILES string of the molecule is CN=C(NCc1nncn1-c1ccccc1)NC(C)CCS(C)(=O)=O.I. The van der Waals surface area contributed by atoms with Crippen LogP contribution in [0.25, 0.3) is 5.69 Å². The summed E-state index contributed by atoms with van der Waals surface area (Å²) in [6.45, 7) is 2.36. The van der Waals surface area contributed by atoms with E-state index in [1.807, 2.05) is 41.8 Å². The summed E-state index contributed by atoms with van der Waals surface area (Å²) < 4.78 is 24.4. The maximum absolute atomic E-state index is 11.3. The number of hydrogen-bond acceptors (Lipinski definition) is 5. The number of nitrogens with zero attached hydrogens (tertiary/aromatic N) is 4. The maximum atomic E-state index is 11.3. The van der Waals surface area contributed by atoms with E-state index >= 15 is 0 Å². The van der Waals surface area contributed by atoms with Gasteiger partial charge in [0.1, 0.15) is 16.2 Å². The lowest BCUT2D eigenvalue weighted by atomic mass is 10.3. The fourth-order valence-corrected chi connectivity index (χ4v) is 3.02. The van der Waals surface area contributed by atoms with Gasteiger partial charge in [0.25, 0.3) is 0 Å². The van der Waals surface area contributed by atoms with Crippen molar-refractivity contribution in [2.45, 2.75) is 25.9 Å². The van der Waals surface area contributed by atoms with Crippen LogP contribution in [0.2, 0.25) is 0 Å². The quantitative estimate of drug-likeness (QED) is 0.344. The number of benzene rings is 1. The van der Waals surface area contributed by atoms with E-state index < -0.39 is 9.84 Å². The van der Waals surface area contributed by atoms with Crippen LogP contribution in [-0.4, -0.2) is 54.2 Å². The predicted octanol–water partition coefficient (Wildman–Crippen LogP) is 1.37. The number of guanidine groups is 1. The lowest BCUT2D eigenvalue weighted by Gasteiger charge is -2.17. The van der Waals surface area contributed by atoms with Crippen LogP contribution in [0.4, 0.5) is 0 Å². The molecule has 0 aliphatic carbocycles. The number of aromatic nitrogens is 3. The Morgan fingerprint density at radius 3 is 2.62 bits per heavy atom. The van der Waals surface area contributed by atoms with Gasteiger partial charge in [0.2, 0.25) is 0 Å². The zero-order valence-corrected chi connectivity index (χ0v) is 18.2. The van der Waals surface area contributed by atoms with Gasteiger partial charge in [0.15, 0.2) is 11.8 Å². The Bertz CT molecular complexity index is 807. The van der Waals surface area contributed by atoms with Crippen molar-refractivity contribution in [2.75, 3.05) is 19.1 Å². The largest absolute Gasteiger partial charge is 0.354 e. The molecule has 1 atom stereocenters. The molecule has 144 valence electrons. The number of para-hydroxylation sites is 1. The molecule has 0 saturated heterocycles. The van der Waals surface area contributed by atoms with Gasteiger partial charge in [-0.15, -0.1) is 34.2 Å². The number of halogens is 1. The van der Waals surface area contributed by atoms with Gasteiger partial charge >= 0.3 is 0 Å². The molecule has 2 rings (SSSR count). The van der Waals surface area contributed by atoms with Crippen LogP contribution in [0.15, 0.2) is 41.7 Å². The average Bonchev–Trinajstić information content (AvgIpc) is 3.05. The molecule has 0 bridgehead atoms. The highest BCUT2D eigenvalue weighted by Gasteiger charge is 2.11. The fourth-order valence-electron chi connectivity index (χ4n) is 2.24. The number of rotatable bonds is 7. The summed E-state index contributed by atoms with van der Waals surface area (Å²) in [5, 5.41) is 14.5. The first kappa shape index (κ1) is 22.4. The molecule has 1 aromatic heterocycles. The normalized spacial score (nSPS) is 13.0. The van der Waals surface area contributed by atoms with E-state index in [0.717, 1.165) is 11.5 Å². The summed E-state index contributed by atoms with van der Waals surface area (Å²) >= 11 is 0. The molecule has 0 saturated carbocycles. The Labute approximate surface area is 171 Å². The smallest absolute Gasteiger partial charge is 0.191 e. The fraction of sp³-hybridized carbons (Fsp3) is 0.438. The Morgan fingerprint density at radius 2 is 2.00 bits per heavy atom. The van der Waals surface area contributed by atoms with Gasteiger partial charge in [-0.25, -0.2) is 8.42 Å². The maximum Gasteiger partial charge on any atom is 0.191 e. The highest BCUT2D eigenvalue weighted by atomic mass is 127. The van der Waals surface area contributed by atoms with E-state index in [1.54, 1.807) is 13.4 Å². The van der Waals surface area contributed by atoms with Crippen LogP contribution in [0.3, 0.4) is 0 Å². The van der Waals surface area contributed by atoms with Gasteiger partial charge in [0, 0.05) is 25.0 Å². The topological polar surface area (TPSA) is 101 Å². The van der Waals surface area contributed by atoms with Crippen LogP contribution in [0.5, 0.6) is 0 Å². The molecular weight excluding hydrogens is 467 g/mol. The van der Waals surface area contributed by atoms with E-state index in [1.165, 1.54) is 6.26 Å². The first-order chi connectivity index (χ1) is 11.9. The van der Waals surface area contributed by atoms with Gasteiger partial charge in [-0.05, 0) is 25.5 Å². The monoisotopic (exact) mass is 492 g/mol. The second-order valence-electron chi connectivity index (χ2n) is 5.84. The lowest BCUT2D eigenvalue weighted by molar-refractivity contribution is 0.580. The molecule has 1 unspecified atom stereocenters. The van der Waals surface area contributed by atoms with E-state index in [9.17, 15) is 8.42 Å². The summed E-state index contributed by atoms with van der Waals surface area (Å²) in [4.78, 5) is 4.16. The van der Waals surface area contributed by atoms with Crippen LogP contribution in [0, 0.1) is 0 Å². The van der Waals surface area contributed by atoms with Crippen molar-refractivity contribution < 1.29 is 8.42 Å². The van der Waals surface area contributed by atoms with Crippen molar-refractivity contribution in [1.82, 2.24) is 25.4 Å². The van der Waals surface area contributed by atoms with Crippen LogP contribution in [0.1, 0.15) is 19.2 Å². The third-order valence-electron chi connectivity index (χ3n) is 3.60. The summed E-state index contributed by atoms with van der Waals surface area (Å²) in [5.74, 6) is 1.47. The molecule has 2 aromatic rings. The van der Waals surface area contributed by atoms with Crippen LogP contribution >= 0.6 is 24.0 Å². The third-order valence-corrected chi connectivity index (χ3v) is 4.57. The van der Waals surface area contributed by atoms with Crippen molar-refractivity contribution in [3.8, 4) is 5.69 Å². The van der Waals surface area contributed by atoms with E-state index in [-0.39, 0.29) is 35.8 Å². The number of aliphatic imine (C=N–C) groups is 1. The Morgan fingerprint density at radius 1 is 1.31 bits per heavy atom. The number of sulfone groups is 1. The Hall–Kier alpha value is -1.69. The molecule has 26 heavy (non-hydrogen) atoms. The molecule has 0 fully saturated rings. The lowest BCUT2D eigenvalue weighted by Crippen LogP contribution is -2.42. The van der Waals surface area contributed by atoms with Gasteiger partial charge in [-0.1, -0.05) is 18.2 Å². The molecule has 0 aliphatic rings. The first-order valence-electron chi connectivity index (χ1n) is 7.98. The molecule has 10 heteroatoms. The minimum absolute atomic E-state index is 0. The van der Waals surface area contributed by atoms with Crippen LogP contribution in [-0.2, 0) is 16.4 Å². The zero-order chi connectivity index (χ0) is 18.3. The second-order valence-corrected chi connectivity index (χ2v) is 8.10. The zero-order valence-electron chi connectivity index (χ0n) is 15.1. The molecule has 0 radical (unpaired) electrons. The molecule has 2 N–H and O–H groups in total. The number of hydrogen-bond donors (Lipinski definition) is 2. The summed E-state index contributed by atoms with van der Waals surface area (Å²) in [7, 11) is -1.30.